The minimum atomic E-state index is -4.45. The van der Waals surface area contributed by atoms with Gasteiger partial charge in [-0.05, 0) is 12.8 Å². The predicted octanol–water partition coefficient (Wildman–Crippen LogP) is 3.42. The molecule has 0 amide bonds. The van der Waals surface area contributed by atoms with Gasteiger partial charge in [0.15, 0.2) is 0 Å². The molecule has 1 aliphatic rings. The summed E-state index contributed by atoms with van der Waals surface area (Å²) in [6.45, 7) is 0. The molecule has 2 rings (SSSR count). The van der Waals surface area contributed by atoms with E-state index in [1.165, 1.54) is 0 Å². The van der Waals surface area contributed by atoms with Crippen LogP contribution in [0.5, 0.6) is 0 Å². The molecule has 2 nitrogen and oxygen atoms in total. The molecular weight excluding hydrogens is 229 g/mol. The van der Waals surface area contributed by atoms with Crippen molar-refractivity contribution in [2.24, 2.45) is 0 Å². The number of aromatic nitrogens is 2. The van der Waals surface area contributed by atoms with Gasteiger partial charge in [-0.1, -0.05) is 18.0 Å². The smallest absolute Gasteiger partial charge is 0.228 e. The first kappa shape index (κ1) is 10.7. The highest BCUT2D eigenvalue weighted by atomic mass is 35.5. The molecule has 1 aliphatic carbocycles. The van der Waals surface area contributed by atoms with Gasteiger partial charge in [0, 0.05) is 12.0 Å². The van der Waals surface area contributed by atoms with Crippen LogP contribution < -0.4 is 0 Å². The van der Waals surface area contributed by atoms with Gasteiger partial charge in [0.25, 0.3) is 0 Å². The van der Waals surface area contributed by atoms with Crippen LogP contribution in [-0.4, -0.2) is 9.97 Å². The van der Waals surface area contributed by atoms with E-state index in [4.69, 9.17) is 11.6 Å². The Morgan fingerprint density at radius 2 is 1.93 bits per heavy atom. The first-order chi connectivity index (χ1) is 6.97. The molecule has 0 bridgehead atoms. The second kappa shape index (κ2) is 3.63. The highest BCUT2D eigenvalue weighted by Gasteiger charge is 2.34. The minimum Gasteiger partial charge on any atom is -0.228 e. The average molecular weight is 237 g/mol. The van der Waals surface area contributed by atoms with Crippen LogP contribution in [0, 0.1) is 0 Å². The molecule has 1 heterocycles. The Hall–Kier alpha value is -0.840. The Balaban J connectivity index is 2.36. The molecule has 0 atom stereocenters. The number of alkyl halides is 3. The van der Waals surface area contributed by atoms with Crippen LogP contribution in [0.1, 0.15) is 36.7 Å². The van der Waals surface area contributed by atoms with Crippen LogP contribution >= 0.6 is 11.6 Å². The third-order valence-corrected chi connectivity index (χ3v) is 2.67. The first-order valence-electron chi connectivity index (χ1n) is 4.58. The molecule has 1 saturated carbocycles. The van der Waals surface area contributed by atoms with Crippen LogP contribution in [0.2, 0.25) is 5.15 Å². The molecule has 0 aliphatic heterocycles. The van der Waals surface area contributed by atoms with E-state index in [2.05, 4.69) is 9.97 Å². The molecule has 0 radical (unpaired) electrons. The molecule has 82 valence electrons. The molecular formula is C9H8ClF3N2. The quantitative estimate of drug-likeness (QED) is 0.699. The molecule has 0 spiro atoms. The first-order valence-corrected chi connectivity index (χ1v) is 4.96. The number of hydrogen-bond donors (Lipinski definition) is 0. The van der Waals surface area contributed by atoms with Crippen molar-refractivity contribution in [1.82, 2.24) is 9.97 Å². The van der Waals surface area contributed by atoms with Gasteiger partial charge in [0.2, 0.25) is 0 Å². The molecule has 15 heavy (non-hydrogen) atoms. The topological polar surface area (TPSA) is 25.8 Å². The molecule has 1 fully saturated rings. The molecule has 0 N–H and O–H groups in total. The van der Waals surface area contributed by atoms with Crippen molar-refractivity contribution in [1.29, 1.82) is 0 Å². The Morgan fingerprint density at radius 1 is 1.27 bits per heavy atom. The summed E-state index contributed by atoms with van der Waals surface area (Å²) in [7, 11) is 0. The van der Waals surface area contributed by atoms with E-state index in [0.717, 1.165) is 25.3 Å². The van der Waals surface area contributed by atoms with Gasteiger partial charge in [-0.15, -0.1) is 0 Å². The molecule has 6 heteroatoms. The summed E-state index contributed by atoms with van der Waals surface area (Å²) in [4.78, 5) is 7.33. The molecule has 1 aromatic heterocycles. The van der Waals surface area contributed by atoms with E-state index in [1.807, 2.05) is 0 Å². The van der Waals surface area contributed by atoms with E-state index in [-0.39, 0.29) is 16.9 Å². The third-order valence-electron chi connectivity index (χ3n) is 2.47. The second-order valence-corrected chi connectivity index (χ2v) is 3.95. The zero-order valence-electron chi connectivity index (χ0n) is 7.68. The van der Waals surface area contributed by atoms with Gasteiger partial charge in [0.05, 0.1) is 0 Å². The Labute approximate surface area is 89.5 Å². The van der Waals surface area contributed by atoms with Crippen molar-refractivity contribution in [2.75, 3.05) is 0 Å². The number of rotatable bonds is 1. The summed E-state index contributed by atoms with van der Waals surface area (Å²) in [5.41, 5.74) is -0.954. The second-order valence-electron chi connectivity index (χ2n) is 3.56. The summed E-state index contributed by atoms with van der Waals surface area (Å²) < 4.78 is 37.2. The molecule has 1 aromatic rings. The largest absolute Gasteiger partial charge is 0.433 e. The SMILES string of the molecule is FC(F)(F)c1cc(Cl)nc(C2CCC2)n1. The van der Waals surface area contributed by atoms with Gasteiger partial charge in [-0.3, -0.25) is 0 Å². The fraction of sp³-hybridized carbons (Fsp3) is 0.556. The lowest BCUT2D eigenvalue weighted by Gasteiger charge is -2.24. The zero-order chi connectivity index (χ0) is 11.1. The van der Waals surface area contributed by atoms with Crippen LogP contribution in [0.15, 0.2) is 6.07 Å². The molecule has 0 saturated heterocycles. The van der Waals surface area contributed by atoms with Crippen molar-refractivity contribution in [3.63, 3.8) is 0 Å². The van der Waals surface area contributed by atoms with Crippen molar-refractivity contribution in [2.45, 2.75) is 31.4 Å². The summed E-state index contributed by atoms with van der Waals surface area (Å²) in [5, 5.41) is -0.140. The normalized spacial score (nSPS) is 17.6. The highest BCUT2D eigenvalue weighted by Crippen LogP contribution is 2.36. The third kappa shape index (κ3) is 2.22. The number of nitrogens with zero attached hydrogens (tertiary/aromatic N) is 2. The number of halogens is 4. The minimum absolute atomic E-state index is 0.0461. The van der Waals surface area contributed by atoms with Crippen molar-refractivity contribution in [3.05, 3.63) is 22.7 Å². The van der Waals surface area contributed by atoms with Crippen molar-refractivity contribution in [3.8, 4) is 0 Å². The molecule has 0 aromatic carbocycles. The van der Waals surface area contributed by atoms with E-state index < -0.39 is 11.9 Å². The summed E-state index contributed by atoms with van der Waals surface area (Å²) in [6.07, 6.45) is -1.75. The van der Waals surface area contributed by atoms with Gasteiger partial charge < -0.3 is 0 Å². The van der Waals surface area contributed by atoms with Crippen LogP contribution in [0.4, 0.5) is 13.2 Å². The summed E-state index contributed by atoms with van der Waals surface area (Å²) >= 11 is 5.53. The van der Waals surface area contributed by atoms with Gasteiger partial charge in [-0.25, -0.2) is 9.97 Å². The Morgan fingerprint density at radius 3 is 2.40 bits per heavy atom. The Bertz CT molecular complexity index is 374. The summed E-state index contributed by atoms with van der Waals surface area (Å²) in [5.74, 6) is 0.269. The lowest BCUT2D eigenvalue weighted by molar-refractivity contribution is -0.141. The number of hydrogen-bond acceptors (Lipinski definition) is 2. The predicted molar refractivity (Wildman–Crippen MR) is 48.6 cm³/mol. The zero-order valence-corrected chi connectivity index (χ0v) is 8.44. The lowest BCUT2D eigenvalue weighted by Crippen LogP contribution is -2.17. The van der Waals surface area contributed by atoms with Crippen LogP contribution in [-0.2, 0) is 6.18 Å². The fourth-order valence-corrected chi connectivity index (χ4v) is 1.62. The van der Waals surface area contributed by atoms with E-state index in [9.17, 15) is 13.2 Å². The summed E-state index contributed by atoms with van der Waals surface area (Å²) in [6, 6.07) is 0.754. The van der Waals surface area contributed by atoms with E-state index in [1.54, 1.807) is 0 Å². The van der Waals surface area contributed by atoms with Crippen LogP contribution in [0.3, 0.4) is 0 Å². The van der Waals surface area contributed by atoms with Gasteiger partial charge in [-0.2, -0.15) is 13.2 Å². The maximum absolute atomic E-state index is 12.4. The van der Waals surface area contributed by atoms with Crippen molar-refractivity contribution < 1.29 is 13.2 Å². The highest BCUT2D eigenvalue weighted by molar-refractivity contribution is 6.29. The van der Waals surface area contributed by atoms with Crippen LogP contribution in [0.25, 0.3) is 0 Å². The average Bonchev–Trinajstić information content (AvgIpc) is 1.97. The van der Waals surface area contributed by atoms with Gasteiger partial charge in [0.1, 0.15) is 16.7 Å². The lowest BCUT2D eigenvalue weighted by atomic mass is 9.85. The van der Waals surface area contributed by atoms with E-state index in [0.29, 0.717) is 0 Å². The Kier molecular flexibility index (Phi) is 2.58. The monoisotopic (exact) mass is 236 g/mol. The maximum Gasteiger partial charge on any atom is 0.433 e. The van der Waals surface area contributed by atoms with Gasteiger partial charge >= 0.3 is 6.18 Å². The van der Waals surface area contributed by atoms with E-state index >= 15 is 0 Å². The maximum atomic E-state index is 12.4. The molecule has 0 unspecified atom stereocenters. The van der Waals surface area contributed by atoms with Crippen molar-refractivity contribution >= 4 is 11.6 Å². The fourth-order valence-electron chi connectivity index (χ4n) is 1.43. The standard InChI is InChI=1S/C9H8ClF3N2/c10-7-4-6(9(11,12)13)14-8(15-7)5-2-1-3-5/h4-5H,1-3H2.